The van der Waals surface area contributed by atoms with Crippen molar-refractivity contribution >= 4 is 28.6 Å². The molecule has 0 unspecified atom stereocenters. The predicted molar refractivity (Wildman–Crippen MR) is 105 cm³/mol. The summed E-state index contributed by atoms with van der Waals surface area (Å²) in [4.78, 5) is 18.6. The Morgan fingerprint density at radius 1 is 1.15 bits per heavy atom. The highest BCUT2D eigenvalue weighted by Gasteiger charge is 2.13. The molecule has 0 fully saturated rings. The van der Waals surface area contributed by atoms with Crippen LogP contribution in [0, 0.1) is 0 Å². The molecule has 7 heteroatoms. The van der Waals surface area contributed by atoms with Gasteiger partial charge in [0.1, 0.15) is 23.1 Å². The Kier molecular flexibility index (Phi) is 6.25. The van der Waals surface area contributed by atoms with Gasteiger partial charge in [-0.1, -0.05) is 0 Å². The maximum Gasteiger partial charge on any atom is 0.228 e. The van der Waals surface area contributed by atoms with Gasteiger partial charge in [0, 0.05) is 23.4 Å². The van der Waals surface area contributed by atoms with E-state index in [1.165, 1.54) is 0 Å². The Morgan fingerprint density at radius 2 is 1.92 bits per heavy atom. The Balaban J connectivity index is 1.45. The van der Waals surface area contributed by atoms with Crippen LogP contribution in [-0.2, 0) is 11.2 Å². The zero-order valence-corrected chi connectivity index (χ0v) is 16.3. The molecule has 1 amide bonds. The number of rotatable bonds is 8. The number of benzene rings is 1. The van der Waals surface area contributed by atoms with Crippen LogP contribution in [0.25, 0.3) is 10.6 Å². The van der Waals surface area contributed by atoms with E-state index in [-0.39, 0.29) is 5.91 Å². The summed E-state index contributed by atoms with van der Waals surface area (Å²) >= 11 is 3.21. The lowest BCUT2D eigenvalue weighted by molar-refractivity contribution is -0.129. The molecule has 0 aliphatic rings. The number of carbonyl (C=O) groups excluding carboxylic acids is 1. The molecule has 3 rings (SSSR count). The summed E-state index contributed by atoms with van der Waals surface area (Å²) in [7, 11) is 3.41. The minimum absolute atomic E-state index is 0.0329. The number of thiophene rings is 1. The van der Waals surface area contributed by atoms with Crippen LogP contribution < -0.4 is 9.47 Å². The molecule has 3 aromatic rings. The van der Waals surface area contributed by atoms with Gasteiger partial charge >= 0.3 is 0 Å². The molecule has 0 saturated heterocycles. The summed E-state index contributed by atoms with van der Waals surface area (Å²) in [6.07, 6.45) is 0.305. The molecule has 2 aromatic heterocycles. The Bertz CT molecular complexity index is 829. The van der Waals surface area contributed by atoms with Crippen molar-refractivity contribution in [2.24, 2.45) is 0 Å². The van der Waals surface area contributed by atoms with Crippen LogP contribution in [0.2, 0.25) is 0 Å². The highest BCUT2D eigenvalue weighted by molar-refractivity contribution is 7.14. The average molecular weight is 389 g/mol. The largest absolute Gasteiger partial charge is 0.497 e. The number of hydrogen-bond donors (Lipinski definition) is 0. The summed E-state index contributed by atoms with van der Waals surface area (Å²) in [5.41, 5.74) is 1.92. The number of hydrogen-bond acceptors (Lipinski definition) is 6. The minimum atomic E-state index is 0.0329. The molecule has 0 bridgehead atoms. The van der Waals surface area contributed by atoms with Gasteiger partial charge in [0.15, 0.2) is 0 Å². The quantitative estimate of drug-likeness (QED) is 0.586. The molecule has 5 nitrogen and oxygen atoms in total. The summed E-state index contributed by atoms with van der Waals surface area (Å²) in [6.45, 7) is 0.957. The van der Waals surface area contributed by atoms with Crippen LogP contribution in [0.5, 0.6) is 11.5 Å². The van der Waals surface area contributed by atoms with Crippen LogP contribution in [-0.4, -0.2) is 43.1 Å². The third kappa shape index (κ3) is 4.83. The lowest BCUT2D eigenvalue weighted by Crippen LogP contribution is -2.32. The number of aromatic nitrogens is 1. The summed E-state index contributed by atoms with van der Waals surface area (Å²) in [5, 5.41) is 7.00. The molecule has 0 atom stereocenters. The standard InChI is InChI=1S/C19H20N2O3S2/c1-21(8-9-24-17-5-3-16(23-2)4-6-17)18(22)11-15-13-26-19(20-15)14-7-10-25-12-14/h3-7,10,12-13H,8-9,11H2,1-2H3. The maximum atomic E-state index is 12.4. The fraction of sp³-hybridized carbons (Fsp3) is 0.263. The molecule has 0 saturated carbocycles. The van der Waals surface area contributed by atoms with E-state index in [0.29, 0.717) is 19.6 Å². The first-order chi connectivity index (χ1) is 12.7. The fourth-order valence-electron chi connectivity index (χ4n) is 2.29. The summed E-state index contributed by atoms with van der Waals surface area (Å²) in [5.74, 6) is 1.58. The predicted octanol–water partition coefficient (Wildman–Crippen LogP) is 3.96. The van der Waals surface area contributed by atoms with Crippen molar-refractivity contribution in [3.8, 4) is 22.1 Å². The van der Waals surface area contributed by atoms with Gasteiger partial charge in [0.05, 0.1) is 25.8 Å². The third-order valence-corrected chi connectivity index (χ3v) is 5.46. The van der Waals surface area contributed by atoms with Crippen molar-refractivity contribution in [1.29, 1.82) is 0 Å². The van der Waals surface area contributed by atoms with E-state index in [1.807, 2.05) is 41.1 Å². The molecular formula is C19H20N2O3S2. The van der Waals surface area contributed by atoms with Crippen molar-refractivity contribution < 1.29 is 14.3 Å². The second kappa shape index (κ2) is 8.82. The van der Waals surface area contributed by atoms with Crippen LogP contribution in [0.1, 0.15) is 5.69 Å². The maximum absolute atomic E-state index is 12.4. The van der Waals surface area contributed by atoms with E-state index >= 15 is 0 Å². The zero-order valence-electron chi connectivity index (χ0n) is 14.7. The van der Waals surface area contributed by atoms with Gasteiger partial charge in [-0.15, -0.1) is 11.3 Å². The van der Waals surface area contributed by atoms with Gasteiger partial charge in [-0.05, 0) is 35.7 Å². The van der Waals surface area contributed by atoms with Crippen LogP contribution >= 0.6 is 22.7 Å². The van der Waals surface area contributed by atoms with E-state index in [4.69, 9.17) is 9.47 Å². The van der Waals surface area contributed by atoms with Gasteiger partial charge in [0.25, 0.3) is 0 Å². The first-order valence-corrected chi connectivity index (χ1v) is 9.96. The smallest absolute Gasteiger partial charge is 0.228 e. The molecule has 2 heterocycles. The fourth-order valence-corrected chi connectivity index (χ4v) is 3.83. The van der Waals surface area contributed by atoms with E-state index in [2.05, 4.69) is 10.4 Å². The molecule has 0 N–H and O–H groups in total. The topological polar surface area (TPSA) is 51.7 Å². The Hall–Kier alpha value is -2.38. The Labute approximate surface area is 160 Å². The molecule has 0 spiro atoms. The van der Waals surface area contributed by atoms with Crippen molar-refractivity contribution in [2.75, 3.05) is 27.3 Å². The molecule has 0 aliphatic heterocycles. The van der Waals surface area contributed by atoms with E-state index in [0.717, 1.165) is 27.8 Å². The van der Waals surface area contributed by atoms with Gasteiger partial charge in [0.2, 0.25) is 5.91 Å². The summed E-state index contributed by atoms with van der Waals surface area (Å²) < 4.78 is 10.8. The van der Waals surface area contributed by atoms with E-state index < -0.39 is 0 Å². The van der Waals surface area contributed by atoms with E-state index in [9.17, 15) is 4.79 Å². The third-order valence-electron chi connectivity index (χ3n) is 3.83. The molecule has 1 aromatic carbocycles. The number of amides is 1. The highest BCUT2D eigenvalue weighted by atomic mass is 32.1. The SMILES string of the molecule is COc1ccc(OCCN(C)C(=O)Cc2csc(-c3ccsc3)n2)cc1. The van der Waals surface area contributed by atoms with Crippen molar-refractivity contribution in [2.45, 2.75) is 6.42 Å². The monoisotopic (exact) mass is 388 g/mol. The number of carbonyl (C=O) groups is 1. The molecule has 0 aliphatic carbocycles. The van der Waals surface area contributed by atoms with Crippen LogP contribution in [0.15, 0.2) is 46.5 Å². The van der Waals surface area contributed by atoms with Crippen molar-refractivity contribution in [1.82, 2.24) is 9.88 Å². The lowest BCUT2D eigenvalue weighted by atomic mass is 10.3. The highest BCUT2D eigenvalue weighted by Crippen LogP contribution is 2.26. The van der Waals surface area contributed by atoms with Crippen LogP contribution in [0.3, 0.4) is 0 Å². The van der Waals surface area contributed by atoms with Gasteiger partial charge < -0.3 is 14.4 Å². The second-order valence-electron chi connectivity index (χ2n) is 5.67. The molecule has 136 valence electrons. The normalized spacial score (nSPS) is 10.5. The number of ether oxygens (including phenoxy) is 2. The molecular weight excluding hydrogens is 368 g/mol. The van der Waals surface area contributed by atoms with Crippen LogP contribution in [0.4, 0.5) is 0 Å². The number of likely N-dealkylation sites (N-methyl/N-ethyl adjacent to an activating group) is 1. The van der Waals surface area contributed by atoms with Gasteiger partial charge in [-0.25, -0.2) is 4.98 Å². The minimum Gasteiger partial charge on any atom is -0.497 e. The zero-order chi connectivity index (χ0) is 18.4. The average Bonchev–Trinajstić information content (AvgIpc) is 3.33. The molecule has 0 radical (unpaired) electrons. The number of thiazole rings is 1. The second-order valence-corrected chi connectivity index (χ2v) is 7.31. The lowest BCUT2D eigenvalue weighted by Gasteiger charge is -2.17. The van der Waals surface area contributed by atoms with E-state index in [1.54, 1.807) is 41.7 Å². The first-order valence-electron chi connectivity index (χ1n) is 8.13. The van der Waals surface area contributed by atoms with Gasteiger partial charge in [-0.3, -0.25) is 4.79 Å². The van der Waals surface area contributed by atoms with Crippen molar-refractivity contribution in [3.05, 3.63) is 52.2 Å². The first kappa shape index (κ1) is 18.4. The van der Waals surface area contributed by atoms with Gasteiger partial charge in [-0.2, -0.15) is 11.3 Å². The number of nitrogens with zero attached hydrogens (tertiary/aromatic N) is 2. The molecule has 26 heavy (non-hydrogen) atoms. The number of methoxy groups -OCH3 is 1. The van der Waals surface area contributed by atoms with Crippen molar-refractivity contribution in [3.63, 3.8) is 0 Å². The Morgan fingerprint density at radius 3 is 2.62 bits per heavy atom. The summed E-state index contributed by atoms with van der Waals surface area (Å²) in [6, 6.07) is 9.43.